The minimum Gasteiger partial charge on any atom is -0.479 e. The van der Waals surface area contributed by atoms with Gasteiger partial charge in [-0.25, -0.2) is 4.79 Å². The minimum absolute atomic E-state index is 0.0485. The van der Waals surface area contributed by atoms with Crippen LogP contribution in [-0.2, 0) is 25.4 Å². The number of carboxylic acids is 1. The van der Waals surface area contributed by atoms with E-state index in [1.54, 1.807) is 7.11 Å². The summed E-state index contributed by atoms with van der Waals surface area (Å²) in [7, 11) is 1.57. The predicted octanol–water partition coefficient (Wildman–Crippen LogP) is 1.32. The van der Waals surface area contributed by atoms with Gasteiger partial charge in [0.25, 0.3) is 0 Å². The van der Waals surface area contributed by atoms with Gasteiger partial charge in [0.15, 0.2) is 6.10 Å². The molecule has 0 aromatic heterocycles. The van der Waals surface area contributed by atoms with Gasteiger partial charge < -0.3 is 19.3 Å². The summed E-state index contributed by atoms with van der Waals surface area (Å²) in [5.74, 6) is -0.991. The van der Waals surface area contributed by atoms with Gasteiger partial charge in [0, 0.05) is 13.5 Å². The van der Waals surface area contributed by atoms with Crippen LogP contribution in [0.15, 0.2) is 30.3 Å². The molecule has 1 unspecified atom stereocenters. The topological polar surface area (TPSA) is 65.0 Å². The van der Waals surface area contributed by atoms with E-state index < -0.39 is 12.1 Å². The van der Waals surface area contributed by atoms with E-state index in [-0.39, 0.29) is 6.79 Å². The molecule has 0 aliphatic carbocycles. The minimum atomic E-state index is -0.991. The SMILES string of the molecule is COCCOCOC(Cc1ccccc1)C(=O)O. The van der Waals surface area contributed by atoms with Crippen molar-refractivity contribution in [3.63, 3.8) is 0 Å². The van der Waals surface area contributed by atoms with Crippen molar-refractivity contribution in [3.05, 3.63) is 35.9 Å². The molecular formula is C13H18O5. The molecule has 1 aromatic carbocycles. The molecule has 0 amide bonds. The van der Waals surface area contributed by atoms with Crippen molar-refractivity contribution in [3.8, 4) is 0 Å². The van der Waals surface area contributed by atoms with Crippen LogP contribution in [0.1, 0.15) is 5.56 Å². The molecule has 100 valence electrons. The molecule has 5 nitrogen and oxygen atoms in total. The zero-order valence-electron chi connectivity index (χ0n) is 10.4. The van der Waals surface area contributed by atoms with Crippen LogP contribution < -0.4 is 0 Å². The molecule has 0 saturated carbocycles. The average Bonchev–Trinajstić information content (AvgIpc) is 2.38. The molecule has 0 aliphatic heterocycles. The van der Waals surface area contributed by atoms with Crippen LogP contribution in [0.4, 0.5) is 0 Å². The first kappa shape index (κ1) is 14.6. The Labute approximate surface area is 106 Å². The molecule has 0 aliphatic rings. The molecule has 0 radical (unpaired) electrons. The molecule has 0 saturated heterocycles. The molecule has 18 heavy (non-hydrogen) atoms. The first-order chi connectivity index (χ1) is 8.74. The first-order valence-electron chi connectivity index (χ1n) is 5.69. The summed E-state index contributed by atoms with van der Waals surface area (Å²) in [5, 5.41) is 9.03. The van der Waals surface area contributed by atoms with Crippen LogP contribution in [0.25, 0.3) is 0 Å². The van der Waals surface area contributed by atoms with Crippen molar-refractivity contribution in [1.82, 2.24) is 0 Å². The molecule has 1 N–H and O–H groups in total. The van der Waals surface area contributed by atoms with E-state index in [0.29, 0.717) is 19.6 Å². The molecule has 1 atom stereocenters. The van der Waals surface area contributed by atoms with Crippen LogP contribution in [0.2, 0.25) is 0 Å². The quantitative estimate of drug-likeness (QED) is 0.532. The van der Waals surface area contributed by atoms with Gasteiger partial charge in [0.2, 0.25) is 0 Å². The molecule has 1 rings (SSSR count). The number of aliphatic carboxylic acids is 1. The van der Waals surface area contributed by atoms with Gasteiger partial charge in [-0.2, -0.15) is 0 Å². The third kappa shape index (κ3) is 5.77. The number of hydrogen-bond acceptors (Lipinski definition) is 4. The zero-order valence-corrected chi connectivity index (χ0v) is 10.4. The summed E-state index contributed by atoms with van der Waals surface area (Å²) >= 11 is 0. The zero-order chi connectivity index (χ0) is 13.2. The van der Waals surface area contributed by atoms with Gasteiger partial charge >= 0.3 is 5.97 Å². The highest BCUT2D eigenvalue weighted by Crippen LogP contribution is 2.06. The van der Waals surface area contributed by atoms with Crippen molar-refractivity contribution in [2.75, 3.05) is 27.1 Å². The second kappa shape index (κ2) is 8.63. The van der Waals surface area contributed by atoms with E-state index in [0.717, 1.165) is 5.56 Å². The lowest BCUT2D eigenvalue weighted by atomic mass is 10.1. The third-order valence-electron chi connectivity index (χ3n) is 2.32. The highest BCUT2D eigenvalue weighted by Gasteiger charge is 2.18. The normalized spacial score (nSPS) is 12.3. The van der Waals surface area contributed by atoms with E-state index in [9.17, 15) is 4.79 Å². The number of benzene rings is 1. The van der Waals surface area contributed by atoms with Crippen molar-refractivity contribution in [2.45, 2.75) is 12.5 Å². The van der Waals surface area contributed by atoms with Gasteiger partial charge in [-0.05, 0) is 5.56 Å². The van der Waals surface area contributed by atoms with Gasteiger partial charge in [-0.3, -0.25) is 0 Å². The Balaban J connectivity index is 2.34. The van der Waals surface area contributed by atoms with E-state index in [1.165, 1.54) is 0 Å². The number of rotatable bonds is 9. The maximum atomic E-state index is 11.0. The van der Waals surface area contributed by atoms with Crippen LogP contribution in [-0.4, -0.2) is 44.3 Å². The van der Waals surface area contributed by atoms with Crippen LogP contribution in [0.5, 0.6) is 0 Å². The van der Waals surface area contributed by atoms with Crippen LogP contribution in [0.3, 0.4) is 0 Å². The Morgan fingerprint density at radius 2 is 2.00 bits per heavy atom. The smallest absolute Gasteiger partial charge is 0.333 e. The summed E-state index contributed by atoms with van der Waals surface area (Å²) in [5.41, 5.74) is 0.918. The molecule has 0 fully saturated rings. The Hall–Kier alpha value is -1.43. The predicted molar refractivity (Wildman–Crippen MR) is 65.3 cm³/mol. The van der Waals surface area contributed by atoms with Gasteiger partial charge in [0.05, 0.1) is 13.2 Å². The molecule has 0 bridgehead atoms. The first-order valence-corrected chi connectivity index (χ1v) is 5.69. The van der Waals surface area contributed by atoms with E-state index >= 15 is 0 Å². The molecule has 5 heteroatoms. The number of carbonyl (C=O) groups is 1. The number of methoxy groups -OCH3 is 1. The molecule has 0 spiro atoms. The van der Waals surface area contributed by atoms with E-state index in [1.807, 2.05) is 30.3 Å². The van der Waals surface area contributed by atoms with Gasteiger partial charge in [-0.1, -0.05) is 30.3 Å². The Morgan fingerprint density at radius 3 is 2.61 bits per heavy atom. The highest BCUT2D eigenvalue weighted by atomic mass is 16.7. The Bertz CT molecular complexity index is 338. The fourth-order valence-electron chi connectivity index (χ4n) is 1.38. The molecule has 0 heterocycles. The number of ether oxygens (including phenoxy) is 3. The summed E-state index contributed by atoms with van der Waals surface area (Å²) in [6.45, 7) is 0.793. The average molecular weight is 254 g/mol. The van der Waals surface area contributed by atoms with Crippen molar-refractivity contribution in [2.24, 2.45) is 0 Å². The Kier molecular flexibility index (Phi) is 7.01. The van der Waals surface area contributed by atoms with Crippen LogP contribution >= 0.6 is 0 Å². The maximum absolute atomic E-state index is 11.0. The van der Waals surface area contributed by atoms with E-state index in [2.05, 4.69) is 0 Å². The highest BCUT2D eigenvalue weighted by molar-refractivity contribution is 5.72. The fraction of sp³-hybridized carbons (Fsp3) is 0.462. The summed E-state index contributed by atoms with van der Waals surface area (Å²) in [6.07, 6.45) is -0.570. The van der Waals surface area contributed by atoms with Crippen LogP contribution in [0, 0.1) is 0 Å². The van der Waals surface area contributed by atoms with Crippen molar-refractivity contribution >= 4 is 5.97 Å². The Morgan fingerprint density at radius 1 is 1.28 bits per heavy atom. The monoisotopic (exact) mass is 254 g/mol. The number of hydrogen-bond donors (Lipinski definition) is 1. The summed E-state index contributed by atoms with van der Waals surface area (Å²) in [6, 6.07) is 9.34. The lowest BCUT2D eigenvalue weighted by molar-refractivity contribution is -0.161. The summed E-state index contributed by atoms with van der Waals surface area (Å²) in [4.78, 5) is 11.0. The fourth-order valence-corrected chi connectivity index (χ4v) is 1.38. The van der Waals surface area contributed by atoms with Crippen molar-refractivity contribution < 1.29 is 24.1 Å². The third-order valence-corrected chi connectivity index (χ3v) is 2.32. The largest absolute Gasteiger partial charge is 0.479 e. The van der Waals surface area contributed by atoms with Gasteiger partial charge in [-0.15, -0.1) is 0 Å². The standard InChI is InChI=1S/C13H18O5/c1-16-7-8-17-10-18-12(13(14)15)9-11-5-3-2-4-6-11/h2-6,12H,7-10H2,1H3,(H,14,15). The summed E-state index contributed by atoms with van der Waals surface area (Å²) < 4.78 is 15.1. The molecule has 1 aromatic rings. The maximum Gasteiger partial charge on any atom is 0.333 e. The lowest BCUT2D eigenvalue weighted by Gasteiger charge is -2.13. The number of carboxylic acid groups (broad SMARTS) is 1. The second-order valence-corrected chi connectivity index (χ2v) is 3.70. The van der Waals surface area contributed by atoms with Gasteiger partial charge in [0.1, 0.15) is 6.79 Å². The van der Waals surface area contributed by atoms with E-state index in [4.69, 9.17) is 19.3 Å². The van der Waals surface area contributed by atoms with Crippen molar-refractivity contribution in [1.29, 1.82) is 0 Å². The molecular weight excluding hydrogens is 236 g/mol. The second-order valence-electron chi connectivity index (χ2n) is 3.70. The lowest BCUT2D eigenvalue weighted by Crippen LogP contribution is -2.27.